The number of likely N-dealkylation sites (N-methyl/N-ethyl adjacent to an activating group) is 1. The van der Waals surface area contributed by atoms with Crippen molar-refractivity contribution in [3.05, 3.63) is 59.7 Å². The van der Waals surface area contributed by atoms with E-state index in [4.69, 9.17) is 14.2 Å². The van der Waals surface area contributed by atoms with Gasteiger partial charge in [0.15, 0.2) is 12.1 Å². The first-order valence-electron chi connectivity index (χ1n) is 29.1. The molecule has 73 heavy (non-hydrogen) atoms. The molecule has 3 N–H and O–H groups in total. The van der Waals surface area contributed by atoms with E-state index < -0.39 is 42.7 Å². The summed E-state index contributed by atoms with van der Waals surface area (Å²) in [6.07, 6.45) is 16.5. The highest BCUT2D eigenvalue weighted by Gasteiger charge is 2.45. The standard InChI is InChI=1S/C60H101N5O8/c1-43(2)65(40-48-21-13-9-14-22-48)41-50-38-49(35-44(3)62-28-15-10-16-29-62)23-26-54(66)52(36-45(4)63-30-17-11-18-31-63)25-24-51(27-34-71-60-59(70)57(61(7)8)58(69)47(6)73-60)53(55(67)39-56(68)72-42-50)37-46(5)64-32-19-12-20-33-64/h9,13-14,21-23,26,38,43-47,50-53,55,57-60,67,69-70H,10-12,15-20,24-25,27-37,39-42H2,1-8H3/t44?,45?,46?,47-,50?,51?,52?,53?,55?,57+,58-,59-,60-/m1/s1. The van der Waals surface area contributed by atoms with Crippen molar-refractivity contribution in [2.45, 2.75) is 212 Å². The van der Waals surface area contributed by atoms with Gasteiger partial charge >= 0.3 is 5.97 Å². The summed E-state index contributed by atoms with van der Waals surface area (Å²) in [5.41, 5.74) is 2.32. The lowest BCUT2D eigenvalue weighted by molar-refractivity contribution is -0.281. The first-order chi connectivity index (χ1) is 35.1. The molecule has 6 rings (SSSR count). The van der Waals surface area contributed by atoms with E-state index in [-0.39, 0.29) is 73.3 Å². The van der Waals surface area contributed by atoms with Crippen molar-refractivity contribution >= 4 is 11.8 Å². The van der Waals surface area contributed by atoms with Crippen molar-refractivity contribution in [1.82, 2.24) is 24.5 Å². The van der Waals surface area contributed by atoms with E-state index in [1.54, 1.807) is 6.92 Å². The molecule has 1 aromatic carbocycles. The van der Waals surface area contributed by atoms with E-state index in [0.29, 0.717) is 32.2 Å². The van der Waals surface area contributed by atoms with Crippen molar-refractivity contribution in [1.29, 1.82) is 0 Å². The lowest BCUT2D eigenvalue weighted by Crippen LogP contribution is -2.62. The number of esters is 1. The summed E-state index contributed by atoms with van der Waals surface area (Å²) in [6, 6.07) is 10.9. The number of hydrogen-bond donors (Lipinski definition) is 3. The molecule has 13 heteroatoms. The van der Waals surface area contributed by atoms with Gasteiger partial charge in [0, 0.05) is 49.1 Å². The maximum atomic E-state index is 15.1. The molecule has 0 aliphatic carbocycles. The van der Waals surface area contributed by atoms with Crippen molar-refractivity contribution < 1.29 is 39.1 Å². The van der Waals surface area contributed by atoms with E-state index in [9.17, 15) is 20.1 Å². The molecule has 0 aromatic heterocycles. The van der Waals surface area contributed by atoms with Gasteiger partial charge in [-0.3, -0.25) is 14.5 Å². The third-order valence-electron chi connectivity index (χ3n) is 17.5. The van der Waals surface area contributed by atoms with E-state index in [1.807, 2.05) is 31.1 Å². The Morgan fingerprint density at radius 2 is 1.33 bits per heavy atom. The molecular weight excluding hydrogens is 919 g/mol. The second-order valence-electron chi connectivity index (χ2n) is 23.7. The van der Waals surface area contributed by atoms with Crippen molar-refractivity contribution in [2.24, 2.45) is 23.7 Å². The highest BCUT2D eigenvalue weighted by Crippen LogP contribution is 2.36. The number of rotatable bonds is 19. The molecule has 0 spiro atoms. The first kappa shape index (κ1) is 59.7. The molecule has 4 saturated heterocycles. The number of likely N-dealkylation sites (tertiary alicyclic amines) is 3. The van der Waals surface area contributed by atoms with Crippen molar-refractivity contribution in [3.63, 3.8) is 0 Å². The summed E-state index contributed by atoms with van der Waals surface area (Å²) in [4.78, 5) is 41.4. The third-order valence-corrected chi connectivity index (χ3v) is 17.5. The minimum absolute atomic E-state index is 0.118. The SMILES string of the molecule is CC(C)N(Cc1ccccc1)CC1C=C(CC(C)N2CCCCC2)C=CC(=O)C(CC(C)N2CCCCC2)CCC(CCO[C@@H]2O[C@H](C)[C@@H](O)[C@H](N(C)C)[C@H]2O)C(CC(C)N2CCCCC2)C(O)CC(=O)OC1. The second-order valence-corrected chi connectivity index (χ2v) is 23.7. The van der Waals surface area contributed by atoms with Gasteiger partial charge in [0.25, 0.3) is 0 Å². The van der Waals surface area contributed by atoms with Crippen LogP contribution in [0.15, 0.2) is 54.1 Å². The van der Waals surface area contributed by atoms with Gasteiger partial charge in [0.05, 0.1) is 44.0 Å². The fourth-order valence-electron chi connectivity index (χ4n) is 12.9. The number of nitrogens with zero attached hydrogens (tertiary/aromatic N) is 5. The van der Waals surface area contributed by atoms with Gasteiger partial charge in [-0.2, -0.15) is 0 Å². The summed E-state index contributed by atoms with van der Waals surface area (Å²) in [5, 5.41) is 35.0. The second kappa shape index (κ2) is 30.4. The Hall–Kier alpha value is -2.56. The largest absolute Gasteiger partial charge is 0.465 e. The van der Waals surface area contributed by atoms with Crippen LogP contribution in [-0.2, 0) is 30.3 Å². The Balaban J connectivity index is 1.36. The number of allylic oxidation sites excluding steroid dienone is 2. The van der Waals surface area contributed by atoms with Crippen LogP contribution in [-0.4, -0.2) is 186 Å². The summed E-state index contributed by atoms with van der Waals surface area (Å²) in [6.45, 7) is 21.2. The van der Waals surface area contributed by atoms with Gasteiger partial charge in [-0.05, 0) is 201 Å². The number of aliphatic hydroxyl groups excluding tert-OH is 3. The first-order valence-corrected chi connectivity index (χ1v) is 29.1. The van der Waals surface area contributed by atoms with Crippen LogP contribution in [0, 0.1) is 23.7 Å². The maximum Gasteiger partial charge on any atom is 0.308 e. The molecule has 1 aromatic rings. The number of carbonyl (C=O) groups excluding carboxylic acids is 2. The number of ether oxygens (including phenoxy) is 3. The van der Waals surface area contributed by atoms with Crippen LogP contribution in [0.25, 0.3) is 0 Å². The summed E-state index contributed by atoms with van der Waals surface area (Å²) < 4.78 is 18.8. The molecule has 0 bridgehead atoms. The van der Waals surface area contributed by atoms with Crippen LogP contribution in [0.1, 0.15) is 150 Å². The lowest BCUT2D eigenvalue weighted by atomic mass is 9.75. The number of carbonyl (C=O) groups is 2. The molecule has 13 atom stereocenters. The normalized spacial score (nSPS) is 31.9. The fourth-order valence-corrected chi connectivity index (χ4v) is 12.9. The van der Waals surface area contributed by atoms with E-state index in [2.05, 4.69) is 90.6 Å². The molecule has 0 amide bonds. The summed E-state index contributed by atoms with van der Waals surface area (Å²) in [7, 11) is 3.68. The predicted octanol–water partition coefficient (Wildman–Crippen LogP) is 8.10. The topological polar surface area (TPSA) is 139 Å². The van der Waals surface area contributed by atoms with Crippen LogP contribution < -0.4 is 0 Å². The highest BCUT2D eigenvalue weighted by molar-refractivity contribution is 5.92. The highest BCUT2D eigenvalue weighted by atomic mass is 16.7. The molecule has 0 radical (unpaired) electrons. The number of cyclic esters (lactones) is 1. The van der Waals surface area contributed by atoms with Crippen LogP contribution in [0.5, 0.6) is 0 Å². The van der Waals surface area contributed by atoms with E-state index in [0.717, 1.165) is 77.1 Å². The van der Waals surface area contributed by atoms with Crippen molar-refractivity contribution in [2.75, 3.05) is 73.1 Å². The number of piperidine rings is 3. The number of ketones is 1. The van der Waals surface area contributed by atoms with E-state index in [1.165, 1.54) is 50.5 Å². The molecule has 414 valence electrons. The third kappa shape index (κ3) is 18.6. The van der Waals surface area contributed by atoms with Crippen molar-refractivity contribution in [3.8, 4) is 0 Å². The average Bonchev–Trinajstić information content (AvgIpc) is 3.38. The number of hydrogen-bond acceptors (Lipinski definition) is 13. The minimum Gasteiger partial charge on any atom is -0.465 e. The molecule has 5 aliphatic heterocycles. The van der Waals surface area contributed by atoms with Gasteiger partial charge in [0.1, 0.15) is 6.10 Å². The van der Waals surface area contributed by atoms with Gasteiger partial charge < -0.3 is 49.1 Å². The van der Waals surface area contributed by atoms with Crippen LogP contribution in [0.3, 0.4) is 0 Å². The Bertz CT molecular complexity index is 1810. The monoisotopic (exact) mass is 1020 g/mol. The van der Waals surface area contributed by atoms with Crippen LogP contribution in [0.4, 0.5) is 0 Å². The van der Waals surface area contributed by atoms with Gasteiger partial charge in [-0.1, -0.05) is 61.7 Å². The lowest BCUT2D eigenvalue weighted by Gasteiger charge is -2.44. The number of benzene rings is 1. The average molecular weight is 1020 g/mol. The predicted molar refractivity (Wildman–Crippen MR) is 292 cm³/mol. The minimum atomic E-state index is -1.07. The molecule has 8 unspecified atom stereocenters. The smallest absolute Gasteiger partial charge is 0.308 e. The molecule has 0 saturated carbocycles. The zero-order chi connectivity index (χ0) is 52.4. The number of aliphatic hydroxyl groups is 3. The molecular formula is C60H101N5O8. The molecule has 13 nitrogen and oxygen atoms in total. The Labute approximate surface area is 442 Å². The Kier molecular flexibility index (Phi) is 24.9. The van der Waals surface area contributed by atoms with E-state index >= 15 is 4.79 Å². The van der Waals surface area contributed by atoms with Crippen LogP contribution in [0.2, 0.25) is 0 Å². The molecule has 5 aliphatic rings. The fraction of sp³-hybridized carbons (Fsp3) is 0.800. The zero-order valence-electron chi connectivity index (χ0n) is 46.7. The summed E-state index contributed by atoms with van der Waals surface area (Å²) >= 11 is 0. The Morgan fingerprint density at radius 3 is 1.92 bits per heavy atom. The van der Waals surface area contributed by atoms with Gasteiger partial charge in [0.2, 0.25) is 0 Å². The maximum absolute atomic E-state index is 15.1. The van der Waals surface area contributed by atoms with Crippen LogP contribution >= 0.6 is 0 Å². The molecule has 4 fully saturated rings. The molecule has 5 heterocycles. The Morgan fingerprint density at radius 1 is 0.740 bits per heavy atom. The quantitative estimate of drug-likeness (QED) is 0.115. The van der Waals surface area contributed by atoms with Gasteiger partial charge in [-0.25, -0.2) is 0 Å². The zero-order valence-corrected chi connectivity index (χ0v) is 46.7. The van der Waals surface area contributed by atoms with Gasteiger partial charge in [-0.15, -0.1) is 0 Å². The summed E-state index contributed by atoms with van der Waals surface area (Å²) in [5.74, 6) is -1.06.